The quantitative estimate of drug-likeness (QED) is 0.658. The lowest BCUT2D eigenvalue weighted by molar-refractivity contribution is 0.0624. The van der Waals surface area contributed by atoms with Crippen LogP contribution < -0.4 is 16.6 Å². The number of nitrogens with zero attached hydrogens (tertiary/aromatic N) is 4. The van der Waals surface area contributed by atoms with Crippen LogP contribution in [0, 0.1) is 11.8 Å². The second-order valence-electron chi connectivity index (χ2n) is 8.93. The van der Waals surface area contributed by atoms with Crippen LogP contribution in [-0.2, 0) is 14.1 Å². The number of hydrogen-bond donors (Lipinski definition) is 1. The number of para-hydroxylation sites is 1. The molecule has 0 saturated carbocycles. The summed E-state index contributed by atoms with van der Waals surface area (Å²) < 4.78 is 2.22. The van der Waals surface area contributed by atoms with Gasteiger partial charge in [-0.3, -0.25) is 23.5 Å². The second kappa shape index (κ2) is 8.65. The Labute approximate surface area is 190 Å². The number of fused-ring (bicyclic) bond motifs is 1. The summed E-state index contributed by atoms with van der Waals surface area (Å²) in [4.78, 5) is 56.9. The van der Waals surface area contributed by atoms with Crippen LogP contribution in [0.1, 0.15) is 41.1 Å². The van der Waals surface area contributed by atoms with E-state index in [1.807, 2.05) is 4.90 Å². The standard InChI is InChI=1S/C24H27N5O4/c1-14-11-15(2)13-29(12-14)23(32)16-7-5-6-8-18(16)26-21(30)19-10-9-17-20(25-19)27(3)24(33)28(4)22(17)31/h5-10,14-15H,11-13H2,1-4H3,(H,26,30)/t14-,15-/m1/s1. The van der Waals surface area contributed by atoms with Gasteiger partial charge in [-0.2, -0.15) is 0 Å². The smallest absolute Gasteiger partial charge is 0.332 e. The lowest BCUT2D eigenvalue weighted by Crippen LogP contribution is -2.42. The highest BCUT2D eigenvalue weighted by atomic mass is 16.2. The van der Waals surface area contributed by atoms with Gasteiger partial charge in [0.15, 0.2) is 0 Å². The number of aryl methyl sites for hydroxylation is 1. The molecule has 3 heterocycles. The van der Waals surface area contributed by atoms with Crippen molar-refractivity contribution in [2.45, 2.75) is 20.3 Å². The molecular weight excluding hydrogens is 422 g/mol. The van der Waals surface area contributed by atoms with Crippen LogP contribution in [0.15, 0.2) is 46.0 Å². The van der Waals surface area contributed by atoms with Crippen molar-refractivity contribution in [2.24, 2.45) is 25.9 Å². The zero-order valence-electron chi connectivity index (χ0n) is 19.2. The molecule has 1 fully saturated rings. The molecule has 1 aliphatic rings. The Morgan fingerprint density at radius 3 is 2.33 bits per heavy atom. The van der Waals surface area contributed by atoms with E-state index < -0.39 is 17.2 Å². The normalized spacial score (nSPS) is 18.4. The van der Waals surface area contributed by atoms with E-state index in [0.29, 0.717) is 36.2 Å². The topological polar surface area (TPSA) is 106 Å². The first-order valence-corrected chi connectivity index (χ1v) is 10.9. The first-order chi connectivity index (χ1) is 15.7. The number of anilines is 1. The summed E-state index contributed by atoms with van der Waals surface area (Å²) in [5.41, 5.74) is -0.0519. The molecule has 172 valence electrons. The minimum absolute atomic E-state index is 0.0354. The number of likely N-dealkylation sites (tertiary alicyclic amines) is 1. The molecule has 1 saturated heterocycles. The summed E-state index contributed by atoms with van der Waals surface area (Å²) >= 11 is 0. The summed E-state index contributed by atoms with van der Waals surface area (Å²) in [6.45, 7) is 5.63. The molecule has 0 radical (unpaired) electrons. The number of rotatable bonds is 3. The van der Waals surface area contributed by atoms with Crippen LogP contribution in [0.3, 0.4) is 0 Å². The molecule has 0 aliphatic carbocycles. The van der Waals surface area contributed by atoms with E-state index in [-0.39, 0.29) is 22.6 Å². The second-order valence-corrected chi connectivity index (χ2v) is 8.93. The van der Waals surface area contributed by atoms with Crippen LogP contribution >= 0.6 is 0 Å². The molecular formula is C24H27N5O4. The molecule has 0 spiro atoms. The van der Waals surface area contributed by atoms with E-state index in [9.17, 15) is 19.2 Å². The first-order valence-electron chi connectivity index (χ1n) is 10.9. The highest BCUT2D eigenvalue weighted by Gasteiger charge is 2.27. The molecule has 2 amide bonds. The maximum Gasteiger partial charge on any atom is 0.332 e. The van der Waals surface area contributed by atoms with Crippen LogP contribution in [-0.4, -0.2) is 43.9 Å². The van der Waals surface area contributed by atoms with E-state index in [1.165, 1.54) is 30.8 Å². The van der Waals surface area contributed by atoms with Crippen molar-refractivity contribution >= 4 is 28.5 Å². The van der Waals surface area contributed by atoms with E-state index >= 15 is 0 Å². The Kier molecular flexibility index (Phi) is 5.88. The molecule has 9 nitrogen and oxygen atoms in total. The highest BCUT2D eigenvalue weighted by molar-refractivity contribution is 6.08. The van der Waals surface area contributed by atoms with Gasteiger partial charge in [0.25, 0.3) is 17.4 Å². The van der Waals surface area contributed by atoms with Gasteiger partial charge in [0.05, 0.1) is 16.6 Å². The summed E-state index contributed by atoms with van der Waals surface area (Å²) in [7, 11) is 2.88. The number of carbonyl (C=O) groups is 2. The monoisotopic (exact) mass is 449 g/mol. The fraction of sp³-hybridized carbons (Fsp3) is 0.375. The van der Waals surface area contributed by atoms with Gasteiger partial charge < -0.3 is 10.2 Å². The summed E-state index contributed by atoms with van der Waals surface area (Å²) in [6, 6.07) is 9.79. The molecule has 3 aromatic rings. The van der Waals surface area contributed by atoms with Crippen molar-refractivity contribution in [3.05, 3.63) is 68.5 Å². The Morgan fingerprint density at radius 2 is 1.64 bits per heavy atom. The molecule has 1 N–H and O–H groups in total. The largest absolute Gasteiger partial charge is 0.338 e. The number of aromatic nitrogens is 3. The lowest BCUT2D eigenvalue weighted by Gasteiger charge is -2.35. The number of amides is 2. The third-order valence-electron chi connectivity index (χ3n) is 6.10. The average molecular weight is 450 g/mol. The van der Waals surface area contributed by atoms with Gasteiger partial charge in [0.2, 0.25) is 0 Å². The van der Waals surface area contributed by atoms with E-state index in [4.69, 9.17) is 0 Å². The van der Waals surface area contributed by atoms with Gasteiger partial charge in [0, 0.05) is 27.2 Å². The van der Waals surface area contributed by atoms with Crippen molar-refractivity contribution in [2.75, 3.05) is 18.4 Å². The predicted molar refractivity (Wildman–Crippen MR) is 125 cm³/mol. The van der Waals surface area contributed by atoms with Gasteiger partial charge in [-0.25, -0.2) is 9.78 Å². The van der Waals surface area contributed by atoms with E-state index in [0.717, 1.165) is 11.0 Å². The molecule has 0 unspecified atom stereocenters. The number of hydrogen-bond acceptors (Lipinski definition) is 5. The number of pyridine rings is 1. The van der Waals surface area contributed by atoms with Gasteiger partial charge in [-0.05, 0) is 42.5 Å². The molecule has 2 atom stereocenters. The van der Waals surface area contributed by atoms with E-state index in [2.05, 4.69) is 24.1 Å². The average Bonchev–Trinajstić information content (AvgIpc) is 2.80. The number of carbonyl (C=O) groups excluding carboxylic acids is 2. The zero-order chi connectivity index (χ0) is 23.9. The molecule has 33 heavy (non-hydrogen) atoms. The van der Waals surface area contributed by atoms with Gasteiger partial charge >= 0.3 is 5.69 Å². The minimum atomic E-state index is -0.536. The molecule has 2 aromatic heterocycles. The molecule has 0 bridgehead atoms. The molecule has 9 heteroatoms. The van der Waals surface area contributed by atoms with Gasteiger partial charge in [0.1, 0.15) is 11.3 Å². The summed E-state index contributed by atoms with van der Waals surface area (Å²) in [5, 5.41) is 3.01. The number of piperidine rings is 1. The Balaban J connectivity index is 1.65. The number of nitrogens with one attached hydrogen (secondary N) is 1. The van der Waals surface area contributed by atoms with Crippen molar-refractivity contribution in [3.8, 4) is 0 Å². The zero-order valence-corrected chi connectivity index (χ0v) is 19.2. The predicted octanol–water partition coefficient (Wildman–Crippen LogP) is 2.00. The van der Waals surface area contributed by atoms with E-state index in [1.54, 1.807) is 24.3 Å². The summed E-state index contributed by atoms with van der Waals surface area (Å²) in [6.07, 6.45) is 1.08. The third-order valence-corrected chi connectivity index (χ3v) is 6.10. The van der Waals surface area contributed by atoms with Gasteiger partial charge in [-0.15, -0.1) is 0 Å². The minimum Gasteiger partial charge on any atom is -0.338 e. The van der Waals surface area contributed by atoms with Crippen LogP contribution in [0.4, 0.5) is 5.69 Å². The van der Waals surface area contributed by atoms with Crippen LogP contribution in [0.2, 0.25) is 0 Å². The van der Waals surface area contributed by atoms with Crippen molar-refractivity contribution in [1.82, 2.24) is 19.0 Å². The third kappa shape index (κ3) is 4.18. The van der Waals surface area contributed by atoms with Crippen molar-refractivity contribution < 1.29 is 9.59 Å². The summed E-state index contributed by atoms with van der Waals surface area (Å²) in [5.74, 6) is 0.175. The molecule has 1 aliphatic heterocycles. The molecule has 4 rings (SSSR count). The highest BCUT2D eigenvalue weighted by Crippen LogP contribution is 2.25. The van der Waals surface area contributed by atoms with Crippen LogP contribution in [0.25, 0.3) is 11.0 Å². The van der Waals surface area contributed by atoms with Gasteiger partial charge in [-0.1, -0.05) is 26.0 Å². The number of benzene rings is 1. The Hall–Kier alpha value is -3.75. The Bertz CT molecular complexity index is 1360. The molecule has 1 aromatic carbocycles. The van der Waals surface area contributed by atoms with Crippen molar-refractivity contribution in [1.29, 1.82) is 0 Å². The van der Waals surface area contributed by atoms with Crippen molar-refractivity contribution in [3.63, 3.8) is 0 Å². The Morgan fingerprint density at radius 1 is 0.970 bits per heavy atom. The maximum absolute atomic E-state index is 13.2. The van der Waals surface area contributed by atoms with Crippen LogP contribution in [0.5, 0.6) is 0 Å². The lowest BCUT2D eigenvalue weighted by atomic mass is 9.91. The first kappa shape index (κ1) is 22.4. The SMILES string of the molecule is C[C@@H]1C[C@@H](C)CN(C(=O)c2ccccc2NC(=O)c2ccc3c(=O)n(C)c(=O)n(C)c3n2)C1. The fourth-order valence-corrected chi connectivity index (χ4v) is 4.54. The maximum atomic E-state index is 13.2. The fourth-order valence-electron chi connectivity index (χ4n) is 4.54.